The number of primary sulfonamides is 1. The largest absolute Gasteiger partial charge is 0.447 e. The summed E-state index contributed by atoms with van der Waals surface area (Å²) in [5.41, 5.74) is 0.758. The second kappa shape index (κ2) is 6.03. The number of carbonyl (C=O) groups is 1. The SMILES string of the molecule is CC(C)OC(=O)NC(C)c1ccc(S(N)(=O)=O)cc1. The minimum Gasteiger partial charge on any atom is -0.447 e. The molecule has 1 amide bonds. The number of hydrogen-bond donors (Lipinski definition) is 2. The molecule has 0 spiro atoms. The Kier molecular flexibility index (Phi) is 4.90. The lowest BCUT2D eigenvalue weighted by Gasteiger charge is -2.16. The molecule has 0 aliphatic heterocycles. The highest BCUT2D eigenvalue weighted by molar-refractivity contribution is 7.89. The van der Waals surface area contributed by atoms with Gasteiger partial charge >= 0.3 is 6.09 Å². The lowest BCUT2D eigenvalue weighted by molar-refractivity contribution is 0.113. The number of rotatable bonds is 4. The third-order valence-corrected chi connectivity index (χ3v) is 3.31. The van der Waals surface area contributed by atoms with Gasteiger partial charge in [0.2, 0.25) is 10.0 Å². The molecule has 0 radical (unpaired) electrons. The average Bonchev–Trinajstić information content (AvgIpc) is 2.26. The summed E-state index contributed by atoms with van der Waals surface area (Å²) in [5.74, 6) is 0. The van der Waals surface area contributed by atoms with Crippen molar-refractivity contribution in [2.75, 3.05) is 0 Å². The molecule has 1 unspecified atom stereocenters. The Morgan fingerprint density at radius 1 is 1.21 bits per heavy atom. The number of hydrogen-bond acceptors (Lipinski definition) is 4. The number of ether oxygens (including phenoxy) is 1. The van der Waals surface area contributed by atoms with Crippen molar-refractivity contribution in [3.05, 3.63) is 29.8 Å². The number of sulfonamides is 1. The topological polar surface area (TPSA) is 98.5 Å². The van der Waals surface area contributed by atoms with Crippen LogP contribution in [-0.4, -0.2) is 20.6 Å². The predicted octanol–water partition coefficient (Wildman–Crippen LogP) is 1.53. The molecule has 1 rings (SSSR count). The van der Waals surface area contributed by atoms with Crippen LogP contribution in [0.25, 0.3) is 0 Å². The van der Waals surface area contributed by atoms with Gasteiger partial charge in [0.25, 0.3) is 0 Å². The van der Waals surface area contributed by atoms with Crippen molar-refractivity contribution in [3.8, 4) is 0 Å². The predicted molar refractivity (Wildman–Crippen MR) is 71.0 cm³/mol. The van der Waals surface area contributed by atoms with Gasteiger partial charge in [-0.1, -0.05) is 12.1 Å². The van der Waals surface area contributed by atoms with Crippen molar-refractivity contribution in [3.63, 3.8) is 0 Å². The Morgan fingerprint density at radius 2 is 1.74 bits per heavy atom. The van der Waals surface area contributed by atoms with Crippen LogP contribution < -0.4 is 10.5 Å². The molecule has 7 heteroatoms. The number of amides is 1. The fraction of sp³-hybridized carbons (Fsp3) is 0.417. The van der Waals surface area contributed by atoms with E-state index in [4.69, 9.17) is 9.88 Å². The highest BCUT2D eigenvalue weighted by Gasteiger charge is 2.13. The highest BCUT2D eigenvalue weighted by Crippen LogP contribution is 2.15. The zero-order valence-corrected chi connectivity index (χ0v) is 11.9. The summed E-state index contributed by atoms with van der Waals surface area (Å²) >= 11 is 0. The second-order valence-corrected chi connectivity index (χ2v) is 6.00. The second-order valence-electron chi connectivity index (χ2n) is 4.43. The van der Waals surface area contributed by atoms with Crippen LogP contribution in [-0.2, 0) is 14.8 Å². The summed E-state index contributed by atoms with van der Waals surface area (Å²) in [6.07, 6.45) is -0.713. The molecular weight excluding hydrogens is 268 g/mol. The third kappa shape index (κ3) is 4.88. The lowest BCUT2D eigenvalue weighted by atomic mass is 10.1. The molecule has 1 atom stereocenters. The molecule has 19 heavy (non-hydrogen) atoms. The maximum atomic E-state index is 11.4. The van der Waals surface area contributed by atoms with Gasteiger partial charge in [-0.25, -0.2) is 18.4 Å². The molecule has 6 nitrogen and oxygen atoms in total. The van der Waals surface area contributed by atoms with E-state index in [1.54, 1.807) is 32.9 Å². The average molecular weight is 286 g/mol. The summed E-state index contributed by atoms with van der Waals surface area (Å²) in [6, 6.07) is 5.70. The Morgan fingerprint density at radius 3 is 2.16 bits per heavy atom. The monoisotopic (exact) mass is 286 g/mol. The van der Waals surface area contributed by atoms with Gasteiger partial charge in [-0.2, -0.15) is 0 Å². The standard InChI is InChI=1S/C12H18N2O4S/c1-8(2)18-12(15)14-9(3)10-4-6-11(7-5-10)19(13,16)17/h4-9H,1-3H3,(H,14,15)(H2,13,16,17). The van der Waals surface area contributed by atoms with E-state index in [0.717, 1.165) is 5.56 Å². The molecule has 0 aliphatic rings. The van der Waals surface area contributed by atoms with Crippen LogP contribution in [0.15, 0.2) is 29.2 Å². The van der Waals surface area contributed by atoms with Gasteiger partial charge in [-0.15, -0.1) is 0 Å². The van der Waals surface area contributed by atoms with Gasteiger partial charge in [-0.05, 0) is 38.5 Å². The summed E-state index contributed by atoms with van der Waals surface area (Å²) < 4.78 is 27.2. The van der Waals surface area contributed by atoms with Crippen LogP contribution in [0, 0.1) is 0 Å². The Hall–Kier alpha value is -1.60. The molecule has 1 aromatic rings. The van der Waals surface area contributed by atoms with Crippen LogP contribution in [0.2, 0.25) is 0 Å². The molecule has 0 fully saturated rings. The van der Waals surface area contributed by atoms with Gasteiger partial charge in [0, 0.05) is 0 Å². The van der Waals surface area contributed by atoms with E-state index in [2.05, 4.69) is 5.32 Å². The molecule has 0 heterocycles. The van der Waals surface area contributed by atoms with Crippen molar-refractivity contribution in [2.24, 2.45) is 5.14 Å². The first-order valence-electron chi connectivity index (χ1n) is 5.80. The molecule has 0 aliphatic carbocycles. The van der Waals surface area contributed by atoms with Gasteiger partial charge in [0.15, 0.2) is 0 Å². The zero-order chi connectivity index (χ0) is 14.6. The van der Waals surface area contributed by atoms with Gasteiger partial charge in [-0.3, -0.25) is 0 Å². The van der Waals surface area contributed by atoms with E-state index in [0.29, 0.717) is 0 Å². The van der Waals surface area contributed by atoms with Crippen LogP contribution in [0.3, 0.4) is 0 Å². The van der Waals surface area contributed by atoms with Gasteiger partial charge in [0.05, 0.1) is 17.0 Å². The van der Waals surface area contributed by atoms with E-state index in [9.17, 15) is 13.2 Å². The van der Waals surface area contributed by atoms with Gasteiger partial charge < -0.3 is 10.1 Å². The number of alkyl carbamates (subject to hydrolysis) is 1. The molecule has 1 aromatic carbocycles. The molecule has 0 saturated heterocycles. The number of benzene rings is 1. The van der Waals surface area contributed by atoms with E-state index in [1.165, 1.54) is 12.1 Å². The quantitative estimate of drug-likeness (QED) is 0.876. The lowest BCUT2D eigenvalue weighted by Crippen LogP contribution is -2.29. The van der Waals surface area contributed by atoms with E-state index in [-0.39, 0.29) is 17.0 Å². The zero-order valence-electron chi connectivity index (χ0n) is 11.1. The minimum absolute atomic E-state index is 0.0354. The van der Waals surface area contributed by atoms with Crippen LogP contribution >= 0.6 is 0 Å². The molecule has 106 valence electrons. The normalized spacial score (nSPS) is 13.1. The van der Waals surface area contributed by atoms with Crippen molar-refractivity contribution >= 4 is 16.1 Å². The Balaban J connectivity index is 2.73. The Labute approximate surface area is 113 Å². The first-order valence-corrected chi connectivity index (χ1v) is 7.34. The number of carbonyl (C=O) groups excluding carboxylic acids is 1. The fourth-order valence-corrected chi connectivity index (χ4v) is 1.97. The maximum absolute atomic E-state index is 11.4. The minimum atomic E-state index is -3.70. The van der Waals surface area contributed by atoms with E-state index < -0.39 is 16.1 Å². The van der Waals surface area contributed by atoms with Crippen molar-refractivity contribution in [2.45, 2.75) is 37.8 Å². The highest BCUT2D eigenvalue weighted by atomic mass is 32.2. The smallest absolute Gasteiger partial charge is 0.407 e. The Bertz CT molecular complexity index is 537. The summed E-state index contributed by atoms with van der Waals surface area (Å²) in [6.45, 7) is 5.28. The molecule has 3 N–H and O–H groups in total. The fourth-order valence-electron chi connectivity index (χ4n) is 1.45. The van der Waals surface area contributed by atoms with Crippen molar-refractivity contribution < 1.29 is 17.9 Å². The van der Waals surface area contributed by atoms with Crippen molar-refractivity contribution in [1.29, 1.82) is 0 Å². The first-order chi connectivity index (χ1) is 8.70. The third-order valence-electron chi connectivity index (χ3n) is 2.39. The maximum Gasteiger partial charge on any atom is 0.407 e. The first kappa shape index (κ1) is 15.5. The summed E-state index contributed by atoms with van der Waals surface area (Å²) in [5, 5.41) is 7.64. The van der Waals surface area contributed by atoms with Crippen LogP contribution in [0.1, 0.15) is 32.4 Å². The molecule has 0 saturated carbocycles. The number of nitrogens with two attached hydrogens (primary N) is 1. The molecule has 0 bridgehead atoms. The molecule has 0 aromatic heterocycles. The molecular formula is C12H18N2O4S. The van der Waals surface area contributed by atoms with E-state index >= 15 is 0 Å². The van der Waals surface area contributed by atoms with Crippen LogP contribution in [0.4, 0.5) is 4.79 Å². The summed E-state index contributed by atoms with van der Waals surface area (Å²) in [7, 11) is -3.70. The van der Waals surface area contributed by atoms with E-state index in [1.807, 2.05) is 0 Å². The summed E-state index contributed by atoms with van der Waals surface area (Å²) in [4.78, 5) is 11.4. The van der Waals surface area contributed by atoms with Crippen molar-refractivity contribution in [1.82, 2.24) is 5.32 Å². The number of nitrogens with one attached hydrogen (secondary N) is 1. The van der Waals surface area contributed by atoms with Gasteiger partial charge in [0.1, 0.15) is 0 Å². The van der Waals surface area contributed by atoms with Crippen LogP contribution in [0.5, 0.6) is 0 Å².